The number of esters is 1. The van der Waals surface area contributed by atoms with E-state index in [0.29, 0.717) is 34.3 Å². The zero-order valence-electron chi connectivity index (χ0n) is 19.5. The number of hydrazone groups is 1. The molecule has 0 fully saturated rings. The van der Waals surface area contributed by atoms with Gasteiger partial charge in [0.25, 0.3) is 5.91 Å². The van der Waals surface area contributed by atoms with Gasteiger partial charge in [0.05, 0.1) is 11.8 Å². The van der Waals surface area contributed by atoms with Crippen LogP contribution in [0.4, 0.5) is 0 Å². The van der Waals surface area contributed by atoms with Crippen molar-refractivity contribution in [2.45, 2.75) is 13.5 Å². The molecule has 0 aliphatic rings. The number of nitrogens with one attached hydrogen (secondary N) is 1. The fourth-order valence-electron chi connectivity index (χ4n) is 3.16. The van der Waals surface area contributed by atoms with E-state index >= 15 is 0 Å². The minimum Gasteiger partial charge on any atom is -0.489 e. The van der Waals surface area contributed by atoms with Crippen LogP contribution in [0.1, 0.15) is 37.4 Å². The molecule has 1 N–H and O–H groups in total. The lowest BCUT2D eigenvalue weighted by Gasteiger charge is -2.07. The molecule has 0 saturated carbocycles. The van der Waals surface area contributed by atoms with Crippen LogP contribution in [0.2, 0.25) is 5.02 Å². The Hall–Kier alpha value is -4.42. The van der Waals surface area contributed by atoms with E-state index in [1.165, 1.54) is 11.8 Å². The van der Waals surface area contributed by atoms with Crippen molar-refractivity contribution in [2.24, 2.45) is 5.10 Å². The molecule has 0 heterocycles. The van der Waals surface area contributed by atoms with E-state index in [-0.39, 0.29) is 5.91 Å². The Morgan fingerprint density at radius 2 is 1.42 bits per heavy atom. The van der Waals surface area contributed by atoms with Crippen molar-refractivity contribution in [2.75, 3.05) is 0 Å². The van der Waals surface area contributed by atoms with Crippen LogP contribution in [-0.4, -0.2) is 18.1 Å². The van der Waals surface area contributed by atoms with Gasteiger partial charge in [-0.25, -0.2) is 10.2 Å². The fourth-order valence-corrected chi connectivity index (χ4v) is 3.28. The Balaban J connectivity index is 1.25. The second-order valence-corrected chi connectivity index (χ2v) is 8.40. The maximum Gasteiger partial charge on any atom is 0.343 e. The molecular formula is C29H23ClN2O4. The number of carbonyl (C=O) groups excluding carboxylic acids is 2. The first kappa shape index (κ1) is 24.7. The van der Waals surface area contributed by atoms with Gasteiger partial charge in [-0.05, 0) is 90.8 Å². The van der Waals surface area contributed by atoms with Crippen molar-refractivity contribution in [1.82, 2.24) is 5.43 Å². The van der Waals surface area contributed by atoms with Crippen LogP contribution in [0.3, 0.4) is 0 Å². The summed E-state index contributed by atoms with van der Waals surface area (Å²) in [6, 6.07) is 28.2. The number of hydrogen-bond donors (Lipinski definition) is 1. The second kappa shape index (κ2) is 11.8. The van der Waals surface area contributed by atoms with E-state index in [1.807, 2.05) is 31.2 Å². The van der Waals surface area contributed by atoms with E-state index < -0.39 is 5.97 Å². The first-order valence-electron chi connectivity index (χ1n) is 11.2. The number of nitrogens with zero attached hydrogens (tertiary/aromatic N) is 1. The highest BCUT2D eigenvalue weighted by atomic mass is 35.5. The molecule has 4 aromatic rings. The number of aryl methyl sites for hydroxylation is 1. The summed E-state index contributed by atoms with van der Waals surface area (Å²) in [5.41, 5.74) is 6.35. The molecule has 4 aromatic carbocycles. The molecule has 0 saturated heterocycles. The highest BCUT2D eigenvalue weighted by Gasteiger charge is 2.08. The minimum absolute atomic E-state index is 0.343. The molecule has 180 valence electrons. The molecule has 0 aliphatic heterocycles. The lowest BCUT2D eigenvalue weighted by atomic mass is 10.2. The van der Waals surface area contributed by atoms with Gasteiger partial charge in [-0.1, -0.05) is 41.4 Å². The van der Waals surface area contributed by atoms with E-state index in [2.05, 4.69) is 10.5 Å². The molecule has 0 unspecified atom stereocenters. The molecule has 36 heavy (non-hydrogen) atoms. The first-order chi connectivity index (χ1) is 17.5. The summed E-state index contributed by atoms with van der Waals surface area (Å²) in [6.07, 6.45) is 1.50. The van der Waals surface area contributed by atoms with Gasteiger partial charge in [0.15, 0.2) is 0 Å². The summed E-state index contributed by atoms with van der Waals surface area (Å²) >= 11 is 5.84. The van der Waals surface area contributed by atoms with Crippen molar-refractivity contribution in [3.63, 3.8) is 0 Å². The van der Waals surface area contributed by atoms with Gasteiger partial charge < -0.3 is 9.47 Å². The van der Waals surface area contributed by atoms with Crippen LogP contribution >= 0.6 is 11.6 Å². The summed E-state index contributed by atoms with van der Waals surface area (Å²) in [5.74, 6) is 0.241. The predicted molar refractivity (Wildman–Crippen MR) is 140 cm³/mol. The van der Waals surface area contributed by atoms with Gasteiger partial charge in [0, 0.05) is 10.6 Å². The Morgan fingerprint density at radius 3 is 2.08 bits per heavy atom. The number of benzene rings is 4. The highest BCUT2D eigenvalue weighted by molar-refractivity contribution is 6.30. The topological polar surface area (TPSA) is 77.0 Å². The van der Waals surface area contributed by atoms with Crippen LogP contribution in [0.25, 0.3) is 0 Å². The number of halogens is 1. The first-order valence-corrected chi connectivity index (χ1v) is 11.5. The largest absolute Gasteiger partial charge is 0.489 e. The van der Waals surface area contributed by atoms with Gasteiger partial charge in [-0.2, -0.15) is 5.10 Å². The minimum atomic E-state index is -0.480. The Kier molecular flexibility index (Phi) is 8.11. The standard InChI is InChI=1S/C29H23ClN2O4/c1-20-2-4-22(5-3-20)19-35-26-16-10-23(11-17-26)28(33)32-31-18-21-6-14-27(15-7-21)36-29(34)24-8-12-25(30)13-9-24/h2-18H,19H2,1H3,(H,32,33)/b31-18-. The summed E-state index contributed by atoms with van der Waals surface area (Å²) in [4.78, 5) is 24.5. The van der Waals surface area contributed by atoms with Crippen molar-refractivity contribution >= 4 is 29.7 Å². The molecule has 6 nitrogen and oxygen atoms in total. The smallest absolute Gasteiger partial charge is 0.343 e. The fraction of sp³-hybridized carbons (Fsp3) is 0.0690. The third kappa shape index (κ3) is 7.04. The maximum atomic E-state index is 12.4. The van der Waals surface area contributed by atoms with E-state index in [9.17, 15) is 9.59 Å². The molecule has 0 bridgehead atoms. The van der Waals surface area contributed by atoms with Crippen molar-refractivity contribution < 1.29 is 19.1 Å². The highest BCUT2D eigenvalue weighted by Crippen LogP contribution is 2.16. The zero-order valence-corrected chi connectivity index (χ0v) is 20.2. The van der Waals surface area contributed by atoms with Gasteiger partial charge in [-0.3, -0.25) is 4.79 Å². The van der Waals surface area contributed by atoms with Gasteiger partial charge in [0.2, 0.25) is 0 Å². The van der Waals surface area contributed by atoms with Crippen molar-refractivity contribution in [3.8, 4) is 11.5 Å². The van der Waals surface area contributed by atoms with E-state index in [1.54, 1.807) is 72.8 Å². The summed E-state index contributed by atoms with van der Waals surface area (Å²) in [6.45, 7) is 2.49. The summed E-state index contributed by atoms with van der Waals surface area (Å²) in [7, 11) is 0. The molecule has 4 rings (SSSR count). The lowest BCUT2D eigenvalue weighted by molar-refractivity contribution is 0.0734. The molecule has 0 spiro atoms. The number of ether oxygens (including phenoxy) is 2. The van der Waals surface area contributed by atoms with Crippen LogP contribution < -0.4 is 14.9 Å². The average Bonchev–Trinajstić information content (AvgIpc) is 2.90. The van der Waals surface area contributed by atoms with Crippen LogP contribution in [-0.2, 0) is 6.61 Å². The number of amides is 1. The monoisotopic (exact) mass is 498 g/mol. The van der Waals surface area contributed by atoms with Crippen molar-refractivity contribution in [1.29, 1.82) is 0 Å². The molecule has 0 radical (unpaired) electrons. The average molecular weight is 499 g/mol. The van der Waals surface area contributed by atoms with Crippen molar-refractivity contribution in [3.05, 3.63) is 130 Å². The van der Waals surface area contributed by atoms with E-state index in [0.717, 1.165) is 11.1 Å². The van der Waals surface area contributed by atoms with Gasteiger partial charge >= 0.3 is 5.97 Å². The van der Waals surface area contributed by atoms with Crippen LogP contribution in [0, 0.1) is 6.92 Å². The molecule has 1 amide bonds. The summed E-state index contributed by atoms with van der Waals surface area (Å²) < 4.78 is 11.1. The molecule has 0 atom stereocenters. The SMILES string of the molecule is Cc1ccc(COc2ccc(C(=O)N/N=C\c3ccc(OC(=O)c4ccc(Cl)cc4)cc3)cc2)cc1. The van der Waals surface area contributed by atoms with E-state index in [4.69, 9.17) is 21.1 Å². The molecule has 0 aliphatic carbocycles. The van der Waals surface area contributed by atoms with Gasteiger partial charge in [-0.15, -0.1) is 0 Å². The Bertz CT molecular complexity index is 1350. The molecule has 0 aromatic heterocycles. The molecule has 7 heteroatoms. The van der Waals surface area contributed by atoms with Gasteiger partial charge in [0.1, 0.15) is 18.1 Å². The Morgan fingerprint density at radius 1 is 0.806 bits per heavy atom. The third-order valence-corrected chi connectivity index (χ3v) is 5.44. The van der Waals surface area contributed by atoms with Crippen LogP contribution in [0.5, 0.6) is 11.5 Å². The second-order valence-electron chi connectivity index (χ2n) is 7.96. The Labute approximate surface area is 214 Å². The number of hydrogen-bond acceptors (Lipinski definition) is 5. The number of carbonyl (C=O) groups is 2. The third-order valence-electron chi connectivity index (χ3n) is 5.19. The van der Waals surface area contributed by atoms with Crippen LogP contribution in [0.15, 0.2) is 102 Å². The quantitative estimate of drug-likeness (QED) is 0.135. The maximum absolute atomic E-state index is 12.4. The number of rotatable bonds is 8. The normalized spacial score (nSPS) is 10.7. The summed E-state index contributed by atoms with van der Waals surface area (Å²) in [5, 5.41) is 4.54. The lowest BCUT2D eigenvalue weighted by Crippen LogP contribution is -2.17. The molecular weight excluding hydrogens is 476 g/mol. The predicted octanol–water partition coefficient (Wildman–Crippen LogP) is 6.21. The zero-order chi connectivity index (χ0) is 25.3.